The van der Waals surface area contributed by atoms with E-state index >= 15 is 0 Å². The van der Waals surface area contributed by atoms with Gasteiger partial charge in [0.25, 0.3) is 6.43 Å². The lowest BCUT2D eigenvalue weighted by atomic mass is 10.2. The van der Waals surface area contributed by atoms with E-state index in [2.05, 4.69) is 26.0 Å². The van der Waals surface area contributed by atoms with Crippen LogP contribution in [-0.4, -0.2) is 21.2 Å². The lowest BCUT2D eigenvalue weighted by molar-refractivity contribution is 0.123. The molecule has 0 fully saturated rings. The number of alkyl halides is 2. The van der Waals surface area contributed by atoms with E-state index in [0.29, 0.717) is 21.7 Å². The van der Waals surface area contributed by atoms with Crippen LogP contribution in [0.1, 0.15) is 5.69 Å². The smallest absolute Gasteiger partial charge is 0.257 e. The second-order valence-electron chi connectivity index (χ2n) is 4.62. The summed E-state index contributed by atoms with van der Waals surface area (Å²) in [6.45, 7) is -0.268. The minimum Gasteiger partial charge on any atom is -0.471 e. The van der Waals surface area contributed by atoms with Crippen LogP contribution < -0.4 is 4.74 Å². The van der Waals surface area contributed by atoms with E-state index in [9.17, 15) is 8.78 Å². The van der Waals surface area contributed by atoms with Crippen molar-refractivity contribution < 1.29 is 13.5 Å². The Hall–Kier alpha value is -2.02. The average molecular weight is 368 g/mol. The van der Waals surface area contributed by atoms with E-state index in [1.165, 1.54) is 4.68 Å². The van der Waals surface area contributed by atoms with Gasteiger partial charge < -0.3 is 4.74 Å². The van der Waals surface area contributed by atoms with E-state index in [0.717, 1.165) is 5.39 Å². The molecule has 0 radical (unpaired) electrons. The van der Waals surface area contributed by atoms with Crippen molar-refractivity contribution in [3.63, 3.8) is 0 Å². The maximum absolute atomic E-state index is 12.6. The van der Waals surface area contributed by atoms with Crippen molar-refractivity contribution in [2.24, 2.45) is 0 Å². The van der Waals surface area contributed by atoms with E-state index in [4.69, 9.17) is 4.74 Å². The Balaban J connectivity index is 1.87. The maximum Gasteiger partial charge on any atom is 0.257 e. The number of ether oxygens (including phenoxy) is 1. The number of para-hydroxylation sites is 1. The topological polar surface area (TPSA) is 39.9 Å². The fourth-order valence-electron chi connectivity index (χ4n) is 2.19. The maximum atomic E-state index is 12.6. The Bertz CT molecular complexity index is 791. The molecule has 0 aliphatic carbocycles. The van der Waals surface area contributed by atoms with Gasteiger partial charge in [0.1, 0.15) is 23.4 Å². The summed E-state index contributed by atoms with van der Waals surface area (Å²) in [5, 5.41) is 5.04. The van der Waals surface area contributed by atoms with Crippen molar-refractivity contribution in [3.05, 3.63) is 52.8 Å². The van der Waals surface area contributed by atoms with Gasteiger partial charge in [-0.25, -0.2) is 13.8 Å². The van der Waals surface area contributed by atoms with Gasteiger partial charge in [-0.1, -0.05) is 24.3 Å². The number of aromatic nitrogens is 3. The zero-order chi connectivity index (χ0) is 15.5. The Morgan fingerprint density at radius 3 is 2.73 bits per heavy atom. The lowest BCUT2D eigenvalue weighted by Crippen LogP contribution is -2.08. The first-order valence-electron chi connectivity index (χ1n) is 6.61. The van der Waals surface area contributed by atoms with Gasteiger partial charge in [0.05, 0.1) is 5.52 Å². The summed E-state index contributed by atoms with van der Waals surface area (Å²) in [5.41, 5.74) is 1.28. The van der Waals surface area contributed by atoms with Crippen molar-refractivity contribution in [1.82, 2.24) is 14.8 Å². The Labute approximate surface area is 133 Å². The highest BCUT2D eigenvalue weighted by Crippen LogP contribution is 2.21. The van der Waals surface area contributed by atoms with Crippen LogP contribution in [0.15, 0.2) is 47.1 Å². The molecule has 2 heterocycles. The Kier molecular flexibility index (Phi) is 4.33. The summed E-state index contributed by atoms with van der Waals surface area (Å²) in [5.74, 6) is 0.446. The van der Waals surface area contributed by atoms with Gasteiger partial charge in [0.2, 0.25) is 5.88 Å². The van der Waals surface area contributed by atoms with Crippen LogP contribution in [0.3, 0.4) is 0 Å². The van der Waals surface area contributed by atoms with Crippen molar-refractivity contribution in [1.29, 1.82) is 0 Å². The van der Waals surface area contributed by atoms with Crippen LogP contribution in [-0.2, 0) is 13.2 Å². The molecule has 0 saturated carbocycles. The third-order valence-corrected chi connectivity index (χ3v) is 3.53. The molecule has 0 bridgehead atoms. The molecule has 2 aromatic heterocycles. The number of benzene rings is 1. The number of halogens is 3. The van der Waals surface area contributed by atoms with E-state index in [-0.39, 0.29) is 6.61 Å². The molecule has 0 spiro atoms. The average Bonchev–Trinajstić information content (AvgIpc) is 2.83. The van der Waals surface area contributed by atoms with Crippen molar-refractivity contribution in [2.75, 3.05) is 0 Å². The number of pyridine rings is 1. The molecule has 22 heavy (non-hydrogen) atoms. The van der Waals surface area contributed by atoms with Gasteiger partial charge in [-0.15, -0.1) is 0 Å². The highest BCUT2D eigenvalue weighted by Gasteiger charge is 2.14. The zero-order valence-corrected chi connectivity index (χ0v) is 13.0. The molecule has 0 N–H and O–H groups in total. The third kappa shape index (κ3) is 3.24. The molecular formula is C15H12BrF2N3O. The van der Waals surface area contributed by atoms with Crippen molar-refractivity contribution in [2.45, 2.75) is 19.6 Å². The molecule has 0 atom stereocenters. The monoisotopic (exact) mass is 367 g/mol. The standard InChI is InChI=1S/C15H12BrF2N3O/c16-13-6-3-7-15(19-13)22-9-11-10-4-1-2-5-12(10)21(20-11)8-14(17)18/h1-7,14H,8-9H2. The van der Waals surface area contributed by atoms with Gasteiger partial charge in [-0.2, -0.15) is 5.10 Å². The first-order valence-corrected chi connectivity index (χ1v) is 7.41. The van der Waals surface area contributed by atoms with Crippen LogP contribution in [0.2, 0.25) is 0 Å². The van der Waals surface area contributed by atoms with Crippen LogP contribution in [0.4, 0.5) is 8.78 Å². The molecule has 114 valence electrons. The second kappa shape index (κ2) is 6.39. The highest BCUT2D eigenvalue weighted by atomic mass is 79.9. The van der Waals surface area contributed by atoms with E-state index in [1.807, 2.05) is 12.1 Å². The summed E-state index contributed by atoms with van der Waals surface area (Å²) in [7, 11) is 0. The molecule has 1 aromatic carbocycles. The molecule has 0 amide bonds. The molecule has 0 aliphatic heterocycles. The quantitative estimate of drug-likeness (QED) is 0.639. The zero-order valence-electron chi connectivity index (χ0n) is 11.4. The lowest BCUT2D eigenvalue weighted by Gasteiger charge is -2.03. The number of nitrogens with zero attached hydrogens (tertiary/aromatic N) is 3. The molecule has 7 heteroatoms. The van der Waals surface area contributed by atoms with Gasteiger partial charge >= 0.3 is 0 Å². The SMILES string of the molecule is FC(F)Cn1nc(COc2cccc(Br)n2)c2ccccc21. The molecule has 0 unspecified atom stereocenters. The summed E-state index contributed by atoms with van der Waals surface area (Å²) in [6.07, 6.45) is -2.45. The number of hydrogen-bond acceptors (Lipinski definition) is 3. The number of rotatable bonds is 5. The number of fused-ring (bicyclic) bond motifs is 1. The molecule has 0 aliphatic rings. The Morgan fingerprint density at radius 2 is 1.95 bits per heavy atom. The van der Waals surface area contributed by atoms with Crippen LogP contribution >= 0.6 is 15.9 Å². The molecule has 0 saturated heterocycles. The van der Waals surface area contributed by atoms with E-state index in [1.54, 1.807) is 30.3 Å². The number of hydrogen-bond donors (Lipinski definition) is 0. The largest absolute Gasteiger partial charge is 0.471 e. The van der Waals surface area contributed by atoms with Crippen LogP contribution in [0, 0.1) is 0 Å². The summed E-state index contributed by atoms with van der Waals surface area (Å²) < 4.78 is 32.9. The predicted molar refractivity (Wildman–Crippen MR) is 82.0 cm³/mol. The predicted octanol–water partition coefficient (Wildman–Crippen LogP) is 4.04. The van der Waals surface area contributed by atoms with Crippen molar-refractivity contribution in [3.8, 4) is 5.88 Å². The molecule has 4 nitrogen and oxygen atoms in total. The minimum absolute atomic E-state index is 0.167. The normalized spacial score (nSPS) is 11.3. The van der Waals surface area contributed by atoms with E-state index < -0.39 is 13.0 Å². The van der Waals surface area contributed by atoms with Crippen molar-refractivity contribution >= 4 is 26.8 Å². The molecular weight excluding hydrogens is 356 g/mol. The second-order valence-corrected chi connectivity index (χ2v) is 5.44. The minimum atomic E-state index is -2.45. The van der Waals surface area contributed by atoms with Gasteiger partial charge in [0, 0.05) is 11.5 Å². The summed E-state index contributed by atoms with van der Waals surface area (Å²) in [4.78, 5) is 4.16. The molecule has 3 rings (SSSR count). The first-order chi connectivity index (χ1) is 10.6. The fraction of sp³-hybridized carbons (Fsp3) is 0.200. The summed E-state index contributed by atoms with van der Waals surface area (Å²) >= 11 is 3.27. The van der Waals surface area contributed by atoms with Crippen LogP contribution in [0.5, 0.6) is 5.88 Å². The van der Waals surface area contributed by atoms with Gasteiger partial charge in [-0.05, 0) is 28.1 Å². The molecule has 3 aromatic rings. The van der Waals surface area contributed by atoms with Gasteiger partial charge in [-0.3, -0.25) is 4.68 Å². The highest BCUT2D eigenvalue weighted by molar-refractivity contribution is 9.10. The Morgan fingerprint density at radius 1 is 1.14 bits per heavy atom. The third-order valence-electron chi connectivity index (χ3n) is 3.09. The van der Waals surface area contributed by atoms with Gasteiger partial charge in [0.15, 0.2) is 0 Å². The summed E-state index contributed by atoms with van der Waals surface area (Å²) in [6, 6.07) is 12.6. The van der Waals surface area contributed by atoms with Crippen LogP contribution in [0.25, 0.3) is 10.9 Å². The fourth-order valence-corrected chi connectivity index (χ4v) is 2.51. The first kappa shape index (κ1) is 14.9.